The summed E-state index contributed by atoms with van der Waals surface area (Å²) < 4.78 is 34.4. The average Bonchev–Trinajstić information content (AvgIpc) is 3.14. The van der Waals surface area contributed by atoms with Gasteiger partial charge in [-0.1, -0.05) is 12.1 Å². The predicted molar refractivity (Wildman–Crippen MR) is 104 cm³/mol. The summed E-state index contributed by atoms with van der Waals surface area (Å²) in [5.41, 5.74) is 1.72. The van der Waals surface area contributed by atoms with Crippen molar-refractivity contribution in [3.63, 3.8) is 0 Å². The maximum atomic E-state index is 12.5. The third-order valence-electron chi connectivity index (χ3n) is 3.88. The molecule has 3 rings (SSSR count). The van der Waals surface area contributed by atoms with Gasteiger partial charge >= 0.3 is 6.61 Å². The molecule has 2 aromatic carbocycles. The van der Waals surface area contributed by atoms with Gasteiger partial charge in [0.2, 0.25) is 0 Å². The van der Waals surface area contributed by atoms with Gasteiger partial charge in [-0.05, 0) is 35.9 Å². The number of nitrogens with one attached hydrogen (secondary N) is 1. The van der Waals surface area contributed by atoms with E-state index in [9.17, 15) is 13.6 Å². The number of anilines is 1. The van der Waals surface area contributed by atoms with E-state index in [-0.39, 0.29) is 17.1 Å². The maximum Gasteiger partial charge on any atom is 0.387 e. The Bertz CT molecular complexity index is 1050. The zero-order valence-electron chi connectivity index (χ0n) is 15.2. The Balaban J connectivity index is 1.69. The van der Waals surface area contributed by atoms with E-state index in [1.54, 1.807) is 18.3 Å². The summed E-state index contributed by atoms with van der Waals surface area (Å²) in [6.45, 7) is -3.04. The smallest absolute Gasteiger partial charge is 0.387 e. The number of thiazole rings is 1. The zero-order valence-corrected chi connectivity index (χ0v) is 16.0. The largest absolute Gasteiger partial charge is 0.493 e. The van der Waals surface area contributed by atoms with Gasteiger partial charge in [-0.2, -0.15) is 14.0 Å². The highest BCUT2D eigenvalue weighted by Gasteiger charge is 2.16. The van der Waals surface area contributed by atoms with Crippen molar-refractivity contribution >= 4 is 22.4 Å². The first-order valence-electron chi connectivity index (χ1n) is 8.36. The summed E-state index contributed by atoms with van der Waals surface area (Å²) in [5.74, 6) is -0.636. The topological polar surface area (TPSA) is 84.2 Å². The lowest BCUT2D eigenvalue weighted by Crippen LogP contribution is -2.12. The second kappa shape index (κ2) is 9.12. The van der Waals surface area contributed by atoms with Crippen molar-refractivity contribution < 1.29 is 23.0 Å². The number of aromatic nitrogens is 1. The van der Waals surface area contributed by atoms with Crippen LogP contribution in [0.25, 0.3) is 0 Å². The Morgan fingerprint density at radius 1 is 1.24 bits per heavy atom. The van der Waals surface area contributed by atoms with Crippen LogP contribution in [0.2, 0.25) is 0 Å². The van der Waals surface area contributed by atoms with Crippen LogP contribution in [0.4, 0.5) is 13.9 Å². The van der Waals surface area contributed by atoms with E-state index in [0.29, 0.717) is 17.1 Å². The summed E-state index contributed by atoms with van der Waals surface area (Å²) >= 11 is 1.30. The maximum absolute atomic E-state index is 12.5. The van der Waals surface area contributed by atoms with Crippen LogP contribution < -0.4 is 14.8 Å². The van der Waals surface area contributed by atoms with Crippen LogP contribution in [0.1, 0.15) is 26.4 Å². The number of carbonyl (C=O) groups is 1. The summed E-state index contributed by atoms with van der Waals surface area (Å²) in [6.07, 6.45) is 2.26. The van der Waals surface area contributed by atoms with Crippen LogP contribution in [-0.2, 0) is 6.42 Å². The minimum Gasteiger partial charge on any atom is -0.493 e. The fourth-order valence-electron chi connectivity index (χ4n) is 2.52. The Labute approximate surface area is 169 Å². The lowest BCUT2D eigenvalue weighted by atomic mass is 10.1. The molecule has 0 saturated carbocycles. The van der Waals surface area contributed by atoms with Gasteiger partial charge in [0, 0.05) is 23.1 Å². The molecule has 0 unspecified atom stereocenters. The second-order valence-electron chi connectivity index (χ2n) is 5.82. The minimum atomic E-state index is -3.04. The lowest BCUT2D eigenvalue weighted by Gasteiger charge is -2.11. The van der Waals surface area contributed by atoms with E-state index in [4.69, 9.17) is 10.00 Å². The third kappa shape index (κ3) is 5.27. The monoisotopic (exact) mass is 415 g/mol. The number of hydrogen-bond donors (Lipinski definition) is 1. The fourth-order valence-corrected chi connectivity index (χ4v) is 3.36. The normalized spacial score (nSPS) is 10.4. The quantitative estimate of drug-likeness (QED) is 0.616. The SMILES string of the molecule is COc1ccc(C(=O)Nc2ncc(Cc3ccc(C#N)cc3)s2)cc1OC(F)F. The molecular formula is C20H15F2N3O3S. The van der Waals surface area contributed by atoms with E-state index in [0.717, 1.165) is 10.4 Å². The highest BCUT2D eigenvalue weighted by Crippen LogP contribution is 2.30. The number of benzene rings is 2. The summed E-state index contributed by atoms with van der Waals surface area (Å²) in [4.78, 5) is 17.5. The number of rotatable bonds is 7. The third-order valence-corrected chi connectivity index (χ3v) is 4.79. The van der Waals surface area contributed by atoms with Crippen LogP contribution in [0.5, 0.6) is 11.5 Å². The van der Waals surface area contributed by atoms with Crippen molar-refractivity contribution in [2.24, 2.45) is 0 Å². The van der Waals surface area contributed by atoms with E-state index >= 15 is 0 Å². The van der Waals surface area contributed by atoms with Gasteiger partial charge in [-0.15, -0.1) is 11.3 Å². The van der Waals surface area contributed by atoms with Crippen molar-refractivity contribution in [1.82, 2.24) is 4.98 Å². The molecular weight excluding hydrogens is 400 g/mol. The van der Waals surface area contributed by atoms with Gasteiger partial charge in [0.1, 0.15) is 0 Å². The molecule has 1 amide bonds. The highest BCUT2D eigenvalue weighted by molar-refractivity contribution is 7.15. The Morgan fingerprint density at radius 2 is 2.00 bits per heavy atom. The molecule has 29 heavy (non-hydrogen) atoms. The number of halogens is 2. The Kier molecular flexibility index (Phi) is 6.36. The number of amides is 1. The number of nitriles is 1. The summed E-state index contributed by atoms with van der Waals surface area (Å²) in [5, 5.41) is 11.9. The molecule has 0 aliphatic rings. The Hall–Kier alpha value is -3.51. The van der Waals surface area contributed by atoms with E-state index < -0.39 is 12.5 Å². The van der Waals surface area contributed by atoms with Gasteiger partial charge in [-0.3, -0.25) is 10.1 Å². The van der Waals surface area contributed by atoms with E-state index in [1.165, 1.54) is 36.6 Å². The van der Waals surface area contributed by atoms with Crippen LogP contribution in [0.3, 0.4) is 0 Å². The molecule has 148 valence electrons. The van der Waals surface area contributed by atoms with Gasteiger partial charge < -0.3 is 9.47 Å². The molecule has 0 radical (unpaired) electrons. The molecule has 6 nitrogen and oxygen atoms in total. The van der Waals surface area contributed by atoms with Crippen molar-refractivity contribution in [1.29, 1.82) is 5.26 Å². The number of methoxy groups -OCH3 is 1. The van der Waals surface area contributed by atoms with Crippen LogP contribution in [-0.4, -0.2) is 24.6 Å². The number of hydrogen-bond acceptors (Lipinski definition) is 6. The summed E-state index contributed by atoms with van der Waals surface area (Å²) in [6, 6.07) is 13.3. The number of ether oxygens (including phenoxy) is 2. The lowest BCUT2D eigenvalue weighted by molar-refractivity contribution is -0.0512. The molecule has 0 atom stereocenters. The van der Waals surface area contributed by atoms with Crippen molar-refractivity contribution in [2.45, 2.75) is 13.0 Å². The number of nitrogens with zero attached hydrogens (tertiary/aromatic N) is 2. The molecule has 9 heteroatoms. The Morgan fingerprint density at radius 3 is 2.66 bits per heavy atom. The number of carbonyl (C=O) groups excluding carboxylic acids is 1. The van der Waals surface area contributed by atoms with E-state index in [2.05, 4.69) is 21.1 Å². The predicted octanol–water partition coefficient (Wildman–Crippen LogP) is 4.47. The van der Waals surface area contributed by atoms with Crippen LogP contribution in [0, 0.1) is 11.3 Å². The highest BCUT2D eigenvalue weighted by atomic mass is 32.1. The zero-order chi connectivity index (χ0) is 20.8. The van der Waals surface area contributed by atoms with Crippen LogP contribution >= 0.6 is 11.3 Å². The molecule has 0 fully saturated rings. The van der Waals surface area contributed by atoms with Gasteiger partial charge in [-0.25, -0.2) is 4.98 Å². The molecule has 0 saturated heterocycles. The van der Waals surface area contributed by atoms with Gasteiger partial charge in [0.15, 0.2) is 16.6 Å². The first kappa shape index (κ1) is 20.2. The van der Waals surface area contributed by atoms with Crippen molar-refractivity contribution in [3.05, 3.63) is 70.2 Å². The van der Waals surface area contributed by atoms with Crippen molar-refractivity contribution in [3.8, 4) is 17.6 Å². The standard InChI is InChI=1S/C20H15F2N3O3S/c1-27-16-7-6-14(9-17(16)28-19(21)22)18(26)25-20-24-11-15(29-20)8-12-2-4-13(10-23)5-3-12/h2-7,9,11,19H,8H2,1H3,(H,24,25,26). The molecule has 1 heterocycles. The first-order valence-corrected chi connectivity index (χ1v) is 9.18. The van der Waals surface area contributed by atoms with Gasteiger partial charge in [0.25, 0.3) is 5.91 Å². The molecule has 0 aliphatic carbocycles. The molecule has 0 spiro atoms. The molecule has 3 aromatic rings. The van der Waals surface area contributed by atoms with Crippen LogP contribution in [0.15, 0.2) is 48.7 Å². The summed E-state index contributed by atoms with van der Waals surface area (Å²) in [7, 11) is 1.32. The second-order valence-corrected chi connectivity index (χ2v) is 6.93. The minimum absolute atomic E-state index is 0.0980. The molecule has 1 aromatic heterocycles. The number of alkyl halides is 2. The first-order chi connectivity index (χ1) is 14.0. The molecule has 1 N–H and O–H groups in total. The van der Waals surface area contributed by atoms with E-state index in [1.807, 2.05) is 12.1 Å². The average molecular weight is 415 g/mol. The van der Waals surface area contributed by atoms with Gasteiger partial charge in [0.05, 0.1) is 18.7 Å². The fraction of sp³-hybridized carbons (Fsp3) is 0.150. The molecule has 0 aliphatic heterocycles. The van der Waals surface area contributed by atoms with Crippen molar-refractivity contribution in [2.75, 3.05) is 12.4 Å². The molecule has 0 bridgehead atoms.